The fraction of sp³-hybridized carbons (Fsp3) is 0.174. The number of ether oxygens (including phenoxy) is 2. The molecule has 0 radical (unpaired) electrons. The third-order valence-corrected chi connectivity index (χ3v) is 5.21. The van der Waals surface area contributed by atoms with Crippen LogP contribution in [0.5, 0.6) is 11.5 Å². The van der Waals surface area contributed by atoms with Gasteiger partial charge in [-0.15, -0.1) is 11.3 Å². The normalized spacial score (nSPS) is 11.0. The second-order valence-electron chi connectivity index (χ2n) is 6.62. The summed E-state index contributed by atoms with van der Waals surface area (Å²) in [4.78, 5) is 16.2. The van der Waals surface area contributed by atoms with E-state index in [0.29, 0.717) is 34.7 Å². The van der Waals surface area contributed by atoms with Crippen LogP contribution in [0.15, 0.2) is 53.5 Å². The molecule has 0 spiro atoms. The van der Waals surface area contributed by atoms with Crippen LogP contribution in [0.25, 0.3) is 6.08 Å². The molecule has 0 aliphatic carbocycles. The molecule has 2 aromatic carbocycles. The number of nitrogens with zero attached hydrogens (tertiary/aromatic N) is 2. The molecular formula is C23H20ClN3O3S. The number of thiazole rings is 1. The second-order valence-corrected chi connectivity index (χ2v) is 7.92. The van der Waals surface area contributed by atoms with Crippen molar-refractivity contribution in [1.29, 1.82) is 5.26 Å². The largest absolute Gasteiger partial charge is 0.490 e. The Morgan fingerprint density at radius 1 is 1.19 bits per heavy atom. The third kappa shape index (κ3) is 6.32. The van der Waals surface area contributed by atoms with Crippen LogP contribution in [0.2, 0.25) is 5.02 Å². The summed E-state index contributed by atoms with van der Waals surface area (Å²) < 4.78 is 11.5. The standard InChI is InChI=1S/C23H20ClN3O3S/c1-15-3-4-16(2)21(11-15)30-9-8-29-20-6-5-17(13-19(20)24)12-18(14-25)22(28)27-23-26-7-10-31-23/h3-7,10-13H,8-9H2,1-2H3,(H,26,27,28)/b18-12-. The first-order valence-electron chi connectivity index (χ1n) is 9.41. The van der Waals surface area contributed by atoms with E-state index in [1.165, 1.54) is 17.4 Å². The van der Waals surface area contributed by atoms with E-state index in [0.717, 1.165) is 16.9 Å². The molecule has 31 heavy (non-hydrogen) atoms. The fourth-order valence-corrected chi connectivity index (χ4v) is 3.42. The van der Waals surface area contributed by atoms with Gasteiger partial charge in [-0.1, -0.05) is 29.8 Å². The van der Waals surface area contributed by atoms with E-state index in [-0.39, 0.29) is 5.57 Å². The number of carbonyl (C=O) groups is 1. The maximum absolute atomic E-state index is 12.2. The molecule has 0 aliphatic rings. The van der Waals surface area contributed by atoms with Gasteiger partial charge in [0, 0.05) is 11.6 Å². The monoisotopic (exact) mass is 453 g/mol. The number of hydrogen-bond acceptors (Lipinski definition) is 6. The smallest absolute Gasteiger partial charge is 0.268 e. The van der Waals surface area contributed by atoms with Crippen molar-refractivity contribution < 1.29 is 14.3 Å². The molecule has 0 bridgehead atoms. The van der Waals surface area contributed by atoms with Crippen LogP contribution in [0, 0.1) is 25.2 Å². The average molecular weight is 454 g/mol. The lowest BCUT2D eigenvalue weighted by atomic mass is 10.1. The first kappa shape index (κ1) is 22.3. The van der Waals surface area contributed by atoms with E-state index in [2.05, 4.69) is 10.3 Å². The quantitative estimate of drug-likeness (QED) is 0.280. The van der Waals surface area contributed by atoms with Crippen LogP contribution in [-0.2, 0) is 4.79 Å². The van der Waals surface area contributed by atoms with Crippen molar-refractivity contribution in [3.63, 3.8) is 0 Å². The van der Waals surface area contributed by atoms with Gasteiger partial charge in [0.2, 0.25) is 0 Å². The summed E-state index contributed by atoms with van der Waals surface area (Å²) in [5.41, 5.74) is 2.74. The summed E-state index contributed by atoms with van der Waals surface area (Å²) in [7, 11) is 0. The molecule has 0 fully saturated rings. The fourth-order valence-electron chi connectivity index (χ4n) is 2.65. The van der Waals surface area contributed by atoms with Crippen LogP contribution in [0.3, 0.4) is 0 Å². The van der Waals surface area contributed by atoms with E-state index >= 15 is 0 Å². The highest BCUT2D eigenvalue weighted by Crippen LogP contribution is 2.27. The zero-order chi connectivity index (χ0) is 22.2. The van der Waals surface area contributed by atoms with Crippen molar-refractivity contribution in [2.75, 3.05) is 18.5 Å². The number of benzene rings is 2. The summed E-state index contributed by atoms with van der Waals surface area (Å²) in [6.45, 7) is 4.70. The van der Waals surface area contributed by atoms with E-state index in [9.17, 15) is 10.1 Å². The Bertz CT molecular complexity index is 1140. The number of aromatic nitrogens is 1. The number of rotatable bonds is 8. The van der Waals surface area contributed by atoms with Crippen LogP contribution < -0.4 is 14.8 Å². The minimum absolute atomic E-state index is 0.0538. The highest BCUT2D eigenvalue weighted by Gasteiger charge is 2.11. The number of nitriles is 1. The summed E-state index contributed by atoms with van der Waals surface area (Å²) in [5, 5.41) is 14.4. The van der Waals surface area contributed by atoms with Crippen molar-refractivity contribution in [2.45, 2.75) is 13.8 Å². The number of nitrogens with one attached hydrogen (secondary N) is 1. The van der Waals surface area contributed by atoms with Gasteiger partial charge in [0.1, 0.15) is 36.4 Å². The van der Waals surface area contributed by atoms with Crippen molar-refractivity contribution in [1.82, 2.24) is 4.98 Å². The lowest BCUT2D eigenvalue weighted by Crippen LogP contribution is -2.13. The highest BCUT2D eigenvalue weighted by atomic mass is 35.5. The Morgan fingerprint density at radius 3 is 2.65 bits per heavy atom. The van der Waals surface area contributed by atoms with Crippen molar-refractivity contribution >= 4 is 40.1 Å². The van der Waals surface area contributed by atoms with E-state index in [1.54, 1.807) is 29.8 Å². The van der Waals surface area contributed by atoms with Crippen molar-refractivity contribution in [2.24, 2.45) is 0 Å². The lowest BCUT2D eigenvalue weighted by molar-refractivity contribution is -0.112. The topological polar surface area (TPSA) is 84.2 Å². The third-order valence-electron chi connectivity index (χ3n) is 4.23. The number of amides is 1. The SMILES string of the molecule is Cc1ccc(C)c(OCCOc2ccc(/C=C(/C#N)C(=O)Nc3nccs3)cc2Cl)c1. The number of anilines is 1. The molecule has 0 unspecified atom stereocenters. The summed E-state index contributed by atoms with van der Waals surface area (Å²) in [6.07, 6.45) is 3.03. The van der Waals surface area contributed by atoms with E-state index in [4.69, 9.17) is 21.1 Å². The first-order valence-corrected chi connectivity index (χ1v) is 10.7. The maximum Gasteiger partial charge on any atom is 0.268 e. The van der Waals surface area contributed by atoms with Gasteiger partial charge in [-0.05, 0) is 54.8 Å². The molecule has 1 N–H and O–H groups in total. The highest BCUT2D eigenvalue weighted by molar-refractivity contribution is 7.13. The van der Waals surface area contributed by atoms with Crippen LogP contribution in [0.1, 0.15) is 16.7 Å². The van der Waals surface area contributed by atoms with Crippen LogP contribution in [0.4, 0.5) is 5.13 Å². The lowest BCUT2D eigenvalue weighted by Gasteiger charge is -2.12. The van der Waals surface area contributed by atoms with Gasteiger partial charge in [-0.3, -0.25) is 10.1 Å². The molecule has 0 aliphatic heterocycles. The summed E-state index contributed by atoms with van der Waals surface area (Å²) in [6, 6.07) is 13.0. The Balaban J connectivity index is 1.58. The minimum atomic E-state index is -0.530. The molecule has 3 aromatic rings. The molecule has 1 amide bonds. The average Bonchev–Trinajstić information content (AvgIpc) is 3.26. The van der Waals surface area contributed by atoms with Gasteiger partial charge in [0.25, 0.3) is 5.91 Å². The zero-order valence-corrected chi connectivity index (χ0v) is 18.6. The molecule has 0 saturated heterocycles. The van der Waals surface area contributed by atoms with Gasteiger partial charge in [-0.25, -0.2) is 4.98 Å². The van der Waals surface area contributed by atoms with Gasteiger partial charge < -0.3 is 9.47 Å². The van der Waals surface area contributed by atoms with Crippen LogP contribution in [-0.4, -0.2) is 24.1 Å². The molecule has 158 valence electrons. The summed E-state index contributed by atoms with van der Waals surface area (Å²) >= 11 is 7.58. The van der Waals surface area contributed by atoms with Gasteiger partial charge in [0.05, 0.1) is 5.02 Å². The molecule has 8 heteroatoms. The minimum Gasteiger partial charge on any atom is -0.490 e. The first-order chi connectivity index (χ1) is 15.0. The van der Waals surface area contributed by atoms with E-state index < -0.39 is 5.91 Å². The molecule has 6 nitrogen and oxygen atoms in total. The number of aryl methyl sites for hydroxylation is 2. The Morgan fingerprint density at radius 2 is 1.97 bits per heavy atom. The van der Waals surface area contributed by atoms with Gasteiger partial charge >= 0.3 is 0 Å². The van der Waals surface area contributed by atoms with Gasteiger partial charge in [-0.2, -0.15) is 5.26 Å². The molecular weight excluding hydrogens is 434 g/mol. The molecule has 0 atom stereocenters. The van der Waals surface area contributed by atoms with Gasteiger partial charge in [0.15, 0.2) is 5.13 Å². The van der Waals surface area contributed by atoms with E-state index in [1.807, 2.05) is 38.1 Å². The van der Waals surface area contributed by atoms with Crippen LogP contribution >= 0.6 is 22.9 Å². The van der Waals surface area contributed by atoms with Crippen molar-refractivity contribution in [3.05, 3.63) is 75.3 Å². The molecule has 1 aromatic heterocycles. The maximum atomic E-state index is 12.2. The Labute approximate surface area is 189 Å². The molecule has 0 saturated carbocycles. The molecule has 3 rings (SSSR count). The Hall–Kier alpha value is -3.34. The second kappa shape index (κ2) is 10.6. The number of carbonyl (C=O) groups excluding carboxylic acids is 1. The number of halogens is 1. The number of hydrogen-bond donors (Lipinski definition) is 1. The molecule has 1 heterocycles. The Kier molecular flexibility index (Phi) is 7.65. The zero-order valence-electron chi connectivity index (χ0n) is 17.0. The predicted molar refractivity (Wildman–Crippen MR) is 123 cm³/mol. The summed E-state index contributed by atoms with van der Waals surface area (Å²) in [5.74, 6) is 0.793. The predicted octanol–water partition coefficient (Wildman–Crippen LogP) is 5.42. The van der Waals surface area contributed by atoms with Crippen molar-refractivity contribution in [3.8, 4) is 17.6 Å².